The second kappa shape index (κ2) is 9.64. The van der Waals surface area contributed by atoms with Gasteiger partial charge in [0.25, 0.3) is 0 Å². The Morgan fingerprint density at radius 1 is 1.15 bits per heavy atom. The number of nitrogens with zero attached hydrogens (tertiary/aromatic N) is 2. The maximum Gasteiger partial charge on any atom is 0.339 e. The van der Waals surface area contributed by atoms with E-state index in [-0.39, 0.29) is 27.9 Å². The molecule has 0 atom stereocenters. The Morgan fingerprint density at radius 2 is 1.88 bits per heavy atom. The number of rotatable bonds is 7. The van der Waals surface area contributed by atoms with Gasteiger partial charge in [0, 0.05) is 0 Å². The highest BCUT2D eigenvalue weighted by molar-refractivity contribution is 14.1. The molecule has 0 aliphatic rings. The Kier molecular flexibility index (Phi) is 6.67. The minimum absolute atomic E-state index is 0.0370. The van der Waals surface area contributed by atoms with Gasteiger partial charge in [0.2, 0.25) is 5.89 Å². The summed E-state index contributed by atoms with van der Waals surface area (Å²) in [5.74, 6) is 0.516. The molecule has 4 rings (SSSR count). The lowest BCUT2D eigenvalue weighted by Gasteiger charge is -2.14. The van der Waals surface area contributed by atoms with Crippen molar-refractivity contribution in [1.29, 1.82) is 5.26 Å². The molecule has 0 bridgehead atoms. The molecular weight excluding hydrogens is 555 g/mol. The van der Waals surface area contributed by atoms with Gasteiger partial charge in [-0.2, -0.15) is 13.7 Å². The second-order valence-corrected chi connectivity index (χ2v) is 9.48. The highest BCUT2D eigenvalue weighted by Gasteiger charge is 2.22. The normalized spacial score (nSPS) is 11.8. The lowest BCUT2D eigenvalue weighted by Crippen LogP contribution is -2.11. The third-order valence-electron chi connectivity index (χ3n) is 4.51. The number of nitriles is 1. The fourth-order valence-corrected chi connectivity index (χ4v) is 4.92. The fourth-order valence-electron chi connectivity index (χ4n) is 3.06. The van der Waals surface area contributed by atoms with Crippen molar-refractivity contribution < 1.29 is 21.8 Å². The van der Waals surface area contributed by atoms with E-state index >= 15 is 0 Å². The predicted octanol–water partition coefficient (Wildman–Crippen LogP) is 5.66. The van der Waals surface area contributed by atoms with E-state index in [0.29, 0.717) is 26.8 Å². The molecule has 9 heteroatoms. The fraction of sp³-hybridized carbons (Fsp3) is 0.0833. The van der Waals surface area contributed by atoms with Crippen LogP contribution in [-0.2, 0) is 10.1 Å². The highest BCUT2D eigenvalue weighted by Crippen LogP contribution is 2.37. The average molecular weight is 572 g/mol. The number of ether oxygens (including phenoxy) is 1. The van der Waals surface area contributed by atoms with Crippen LogP contribution in [0.5, 0.6) is 11.5 Å². The molecule has 33 heavy (non-hydrogen) atoms. The van der Waals surface area contributed by atoms with Gasteiger partial charge in [0.1, 0.15) is 22.1 Å². The predicted molar refractivity (Wildman–Crippen MR) is 132 cm³/mol. The van der Waals surface area contributed by atoms with Crippen LogP contribution in [-0.4, -0.2) is 20.0 Å². The molecule has 0 saturated carbocycles. The molecule has 0 saturated heterocycles. The number of halogens is 1. The summed E-state index contributed by atoms with van der Waals surface area (Å²) >= 11 is 1.97. The topological polar surface area (TPSA) is 102 Å². The maximum absolute atomic E-state index is 12.7. The van der Waals surface area contributed by atoms with E-state index in [1.54, 1.807) is 55.5 Å². The SMILES string of the molecule is CCOc1cc(/C=C(\C#N)c2nc3ccccc3o2)cc(I)c1OS(=O)(=O)c1ccccc1. The summed E-state index contributed by atoms with van der Waals surface area (Å²) in [7, 11) is -4.05. The van der Waals surface area contributed by atoms with E-state index < -0.39 is 10.1 Å². The van der Waals surface area contributed by atoms with Crippen molar-refractivity contribution >= 4 is 55.5 Å². The monoisotopic (exact) mass is 572 g/mol. The molecule has 0 fully saturated rings. The van der Waals surface area contributed by atoms with Crippen molar-refractivity contribution in [1.82, 2.24) is 4.98 Å². The van der Waals surface area contributed by atoms with Crippen LogP contribution in [0.1, 0.15) is 18.4 Å². The number of allylic oxidation sites excluding steroid dienone is 1. The van der Waals surface area contributed by atoms with Gasteiger partial charge < -0.3 is 13.3 Å². The number of oxazole rings is 1. The first-order chi connectivity index (χ1) is 15.9. The summed E-state index contributed by atoms with van der Waals surface area (Å²) < 4.78 is 42.8. The third kappa shape index (κ3) is 5.02. The summed E-state index contributed by atoms with van der Waals surface area (Å²) in [6.07, 6.45) is 1.60. The van der Waals surface area contributed by atoms with E-state index in [4.69, 9.17) is 13.3 Å². The lowest BCUT2D eigenvalue weighted by atomic mass is 10.1. The van der Waals surface area contributed by atoms with Gasteiger partial charge in [-0.1, -0.05) is 30.3 Å². The van der Waals surface area contributed by atoms with Crippen LogP contribution in [0, 0.1) is 14.9 Å². The molecule has 0 aliphatic heterocycles. The molecule has 0 radical (unpaired) electrons. The molecule has 0 aliphatic carbocycles. The number of aromatic nitrogens is 1. The van der Waals surface area contributed by atoms with Crippen molar-refractivity contribution in [3.63, 3.8) is 0 Å². The van der Waals surface area contributed by atoms with Crippen molar-refractivity contribution in [2.24, 2.45) is 0 Å². The van der Waals surface area contributed by atoms with Crippen LogP contribution < -0.4 is 8.92 Å². The van der Waals surface area contributed by atoms with Gasteiger partial charge in [-0.05, 0) is 77.6 Å². The van der Waals surface area contributed by atoms with Gasteiger partial charge in [0.15, 0.2) is 17.1 Å². The van der Waals surface area contributed by atoms with Crippen LogP contribution in [0.25, 0.3) is 22.7 Å². The molecule has 0 N–H and O–H groups in total. The number of hydrogen-bond donors (Lipinski definition) is 0. The highest BCUT2D eigenvalue weighted by atomic mass is 127. The summed E-state index contributed by atoms with van der Waals surface area (Å²) in [4.78, 5) is 4.40. The zero-order chi connectivity index (χ0) is 23.4. The molecule has 3 aromatic carbocycles. The third-order valence-corrected chi connectivity index (χ3v) is 6.55. The molecule has 0 amide bonds. The summed E-state index contributed by atoms with van der Waals surface area (Å²) in [6.45, 7) is 2.07. The van der Waals surface area contributed by atoms with Crippen LogP contribution >= 0.6 is 22.6 Å². The molecule has 166 valence electrons. The Morgan fingerprint density at radius 3 is 2.58 bits per heavy atom. The van der Waals surface area contributed by atoms with Crippen molar-refractivity contribution in [2.45, 2.75) is 11.8 Å². The standard InChI is InChI=1S/C24H17IN2O5S/c1-2-30-22-14-16(12-17(15-26)24-27-20-10-6-7-11-21(20)31-24)13-19(25)23(22)32-33(28,29)18-8-4-3-5-9-18/h3-14H,2H2,1H3/b17-12+. The molecule has 4 aromatic rings. The van der Waals surface area contributed by atoms with Gasteiger partial charge >= 0.3 is 10.1 Å². The number of fused-ring (bicyclic) bond motifs is 1. The first kappa shape index (κ1) is 22.8. The Labute approximate surface area is 204 Å². The molecule has 1 aromatic heterocycles. The average Bonchev–Trinajstić information content (AvgIpc) is 3.24. The Hall–Kier alpha value is -3.36. The Balaban J connectivity index is 1.74. The van der Waals surface area contributed by atoms with E-state index in [1.807, 2.05) is 34.7 Å². The Bertz CT molecular complexity index is 1460. The van der Waals surface area contributed by atoms with Gasteiger partial charge in [-0.25, -0.2) is 4.98 Å². The molecule has 0 spiro atoms. The number of benzene rings is 3. The molecule has 1 heterocycles. The summed E-state index contributed by atoms with van der Waals surface area (Å²) in [5.41, 5.74) is 2.04. The van der Waals surface area contributed by atoms with E-state index in [2.05, 4.69) is 11.1 Å². The van der Waals surface area contributed by atoms with Crippen molar-refractivity contribution in [3.05, 3.63) is 81.8 Å². The molecule has 7 nitrogen and oxygen atoms in total. The number of hydrogen-bond acceptors (Lipinski definition) is 7. The molecule has 0 unspecified atom stereocenters. The van der Waals surface area contributed by atoms with E-state index in [9.17, 15) is 13.7 Å². The zero-order valence-corrected chi connectivity index (χ0v) is 20.3. The largest absolute Gasteiger partial charge is 0.490 e. The summed E-state index contributed by atoms with van der Waals surface area (Å²) in [5, 5.41) is 9.69. The minimum atomic E-state index is -4.05. The van der Waals surface area contributed by atoms with E-state index in [0.717, 1.165) is 0 Å². The zero-order valence-electron chi connectivity index (χ0n) is 17.4. The van der Waals surface area contributed by atoms with Gasteiger partial charge in [-0.3, -0.25) is 0 Å². The van der Waals surface area contributed by atoms with E-state index in [1.165, 1.54) is 12.1 Å². The van der Waals surface area contributed by atoms with Crippen LogP contribution in [0.15, 0.2) is 76.0 Å². The smallest absolute Gasteiger partial charge is 0.339 e. The van der Waals surface area contributed by atoms with Gasteiger partial charge in [-0.15, -0.1) is 0 Å². The van der Waals surface area contributed by atoms with Gasteiger partial charge in [0.05, 0.1) is 10.2 Å². The van der Waals surface area contributed by atoms with Crippen LogP contribution in [0.3, 0.4) is 0 Å². The first-order valence-electron chi connectivity index (χ1n) is 9.85. The minimum Gasteiger partial charge on any atom is -0.490 e. The maximum atomic E-state index is 12.7. The second-order valence-electron chi connectivity index (χ2n) is 6.77. The summed E-state index contributed by atoms with van der Waals surface area (Å²) in [6, 6.07) is 20.5. The first-order valence-corrected chi connectivity index (χ1v) is 12.3. The lowest BCUT2D eigenvalue weighted by molar-refractivity contribution is 0.327. The van der Waals surface area contributed by atoms with Crippen LogP contribution in [0.2, 0.25) is 0 Å². The molecular formula is C24H17IN2O5S. The van der Waals surface area contributed by atoms with Crippen molar-refractivity contribution in [3.8, 4) is 17.6 Å². The number of para-hydroxylation sites is 2. The quantitative estimate of drug-likeness (QED) is 0.160. The van der Waals surface area contributed by atoms with Crippen molar-refractivity contribution in [2.75, 3.05) is 6.61 Å². The van der Waals surface area contributed by atoms with Crippen LogP contribution in [0.4, 0.5) is 0 Å².